The predicted octanol–water partition coefficient (Wildman–Crippen LogP) is 4.70. The van der Waals surface area contributed by atoms with Crippen LogP contribution in [0.1, 0.15) is 24.1 Å². The second-order valence-electron chi connectivity index (χ2n) is 5.17. The summed E-state index contributed by atoms with van der Waals surface area (Å²) in [5, 5.41) is 6.80. The Morgan fingerprint density at radius 3 is 2.73 bits per heavy atom. The molecule has 116 valence electrons. The van der Waals surface area contributed by atoms with E-state index in [1.54, 1.807) is 0 Å². The van der Waals surface area contributed by atoms with Crippen molar-refractivity contribution >= 4 is 39.1 Å². The molecule has 2 rings (SSSR count). The number of carbonyl (C=O) groups is 1. The molecule has 3 nitrogen and oxygen atoms in total. The van der Waals surface area contributed by atoms with Gasteiger partial charge in [-0.15, -0.1) is 0 Å². The Hall–Kier alpha value is -1.36. The van der Waals surface area contributed by atoms with Crippen LogP contribution < -0.4 is 10.6 Å². The molecular formula is C17H18BrClN2O. The molecule has 2 aromatic carbocycles. The van der Waals surface area contributed by atoms with Crippen LogP contribution in [0.15, 0.2) is 46.9 Å². The first kappa shape index (κ1) is 17.0. The topological polar surface area (TPSA) is 41.1 Å². The first-order valence-corrected chi connectivity index (χ1v) is 8.17. The van der Waals surface area contributed by atoms with Gasteiger partial charge in [0.05, 0.1) is 6.54 Å². The maximum Gasteiger partial charge on any atom is 0.238 e. The van der Waals surface area contributed by atoms with Crippen molar-refractivity contribution in [3.63, 3.8) is 0 Å². The van der Waals surface area contributed by atoms with Gasteiger partial charge in [0.15, 0.2) is 0 Å². The van der Waals surface area contributed by atoms with Crippen LogP contribution in [0, 0.1) is 6.92 Å². The van der Waals surface area contributed by atoms with Crippen molar-refractivity contribution in [2.24, 2.45) is 0 Å². The van der Waals surface area contributed by atoms with Crippen LogP contribution in [0.5, 0.6) is 0 Å². The molecule has 0 radical (unpaired) electrons. The van der Waals surface area contributed by atoms with Crippen molar-refractivity contribution in [1.29, 1.82) is 0 Å². The lowest BCUT2D eigenvalue weighted by Gasteiger charge is -2.15. The third-order valence-electron chi connectivity index (χ3n) is 3.38. The highest BCUT2D eigenvalue weighted by atomic mass is 79.9. The number of hydrogen-bond acceptors (Lipinski definition) is 2. The van der Waals surface area contributed by atoms with Gasteiger partial charge in [0.25, 0.3) is 0 Å². The van der Waals surface area contributed by atoms with Crippen molar-refractivity contribution in [2.45, 2.75) is 19.9 Å². The van der Waals surface area contributed by atoms with Crippen molar-refractivity contribution in [2.75, 3.05) is 11.9 Å². The van der Waals surface area contributed by atoms with Crippen LogP contribution in [0.3, 0.4) is 0 Å². The maximum atomic E-state index is 12.0. The van der Waals surface area contributed by atoms with Gasteiger partial charge in [0.1, 0.15) is 0 Å². The van der Waals surface area contributed by atoms with E-state index >= 15 is 0 Å². The van der Waals surface area contributed by atoms with Crippen LogP contribution >= 0.6 is 27.5 Å². The quantitative estimate of drug-likeness (QED) is 0.788. The van der Waals surface area contributed by atoms with Crippen molar-refractivity contribution in [3.8, 4) is 0 Å². The summed E-state index contributed by atoms with van der Waals surface area (Å²) >= 11 is 9.39. The number of hydrogen-bond donors (Lipinski definition) is 2. The fourth-order valence-corrected chi connectivity index (χ4v) is 2.78. The van der Waals surface area contributed by atoms with Crippen LogP contribution in [-0.4, -0.2) is 12.5 Å². The van der Waals surface area contributed by atoms with Crippen LogP contribution in [0.25, 0.3) is 0 Å². The lowest BCUT2D eigenvalue weighted by Crippen LogP contribution is -2.30. The zero-order chi connectivity index (χ0) is 16.1. The van der Waals surface area contributed by atoms with Gasteiger partial charge in [-0.1, -0.05) is 39.7 Å². The molecule has 1 atom stereocenters. The molecule has 0 fully saturated rings. The van der Waals surface area contributed by atoms with Gasteiger partial charge < -0.3 is 10.6 Å². The highest BCUT2D eigenvalue weighted by Crippen LogP contribution is 2.20. The molecule has 2 N–H and O–H groups in total. The Kier molecular flexibility index (Phi) is 6.00. The van der Waals surface area contributed by atoms with Gasteiger partial charge in [0, 0.05) is 21.2 Å². The number of carbonyl (C=O) groups excluding carboxylic acids is 1. The summed E-state index contributed by atoms with van der Waals surface area (Å²) in [4.78, 5) is 12.0. The van der Waals surface area contributed by atoms with Gasteiger partial charge in [0.2, 0.25) is 5.91 Å². The second-order valence-corrected chi connectivity index (χ2v) is 6.52. The average molecular weight is 382 g/mol. The Bertz CT molecular complexity index is 675. The molecule has 0 aromatic heterocycles. The van der Waals surface area contributed by atoms with E-state index in [2.05, 4.69) is 26.6 Å². The van der Waals surface area contributed by atoms with E-state index in [1.165, 1.54) is 0 Å². The highest BCUT2D eigenvalue weighted by Gasteiger charge is 2.09. The summed E-state index contributed by atoms with van der Waals surface area (Å²) < 4.78 is 0.996. The number of benzene rings is 2. The van der Waals surface area contributed by atoms with Crippen molar-refractivity contribution in [1.82, 2.24) is 5.32 Å². The monoisotopic (exact) mass is 380 g/mol. The van der Waals surface area contributed by atoms with Gasteiger partial charge in [-0.05, 0) is 55.3 Å². The molecule has 0 bridgehead atoms. The number of rotatable bonds is 5. The second kappa shape index (κ2) is 7.77. The molecule has 0 aliphatic carbocycles. The predicted molar refractivity (Wildman–Crippen MR) is 95.4 cm³/mol. The molecule has 5 heteroatoms. The normalized spacial score (nSPS) is 12.0. The minimum absolute atomic E-state index is 0.0514. The Labute approximate surface area is 144 Å². The van der Waals surface area contributed by atoms with E-state index in [-0.39, 0.29) is 18.5 Å². The lowest BCUT2D eigenvalue weighted by atomic mass is 10.1. The fourth-order valence-electron chi connectivity index (χ4n) is 2.10. The molecule has 22 heavy (non-hydrogen) atoms. The zero-order valence-electron chi connectivity index (χ0n) is 12.5. The molecular weight excluding hydrogens is 364 g/mol. The molecule has 0 spiro atoms. The summed E-state index contributed by atoms with van der Waals surface area (Å²) in [6, 6.07) is 13.4. The molecule has 0 saturated heterocycles. The van der Waals surface area contributed by atoms with Gasteiger partial charge in [-0.25, -0.2) is 0 Å². The first-order valence-electron chi connectivity index (χ1n) is 7.00. The average Bonchev–Trinajstić information content (AvgIpc) is 2.47. The summed E-state index contributed by atoms with van der Waals surface area (Å²) in [6.45, 7) is 4.20. The third-order valence-corrected chi connectivity index (χ3v) is 4.11. The number of nitrogens with one attached hydrogen (secondary N) is 2. The van der Waals surface area contributed by atoms with E-state index in [0.29, 0.717) is 5.02 Å². The van der Waals surface area contributed by atoms with E-state index in [9.17, 15) is 4.79 Å². The number of halogens is 2. The summed E-state index contributed by atoms with van der Waals surface area (Å²) in [7, 11) is 0. The lowest BCUT2D eigenvalue weighted by molar-refractivity contribution is -0.115. The Balaban J connectivity index is 1.90. The van der Waals surface area contributed by atoms with E-state index in [1.807, 2.05) is 56.3 Å². The van der Waals surface area contributed by atoms with Crippen molar-refractivity contribution in [3.05, 3.63) is 63.1 Å². The molecule has 0 aliphatic rings. The minimum Gasteiger partial charge on any atom is -0.325 e. The number of anilines is 1. The SMILES string of the molecule is Cc1cc(Br)ccc1NC(=O)CN[C@H](C)c1cccc(Cl)c1. The van der Waals surface area contributed by atoms with Gasteiger partial charge >= 0.3 is 0 Å². The molecule has 1 amide bonds. The summed E-state index contributed by atoms with van der Waals surface area (Å²) in [5.74, 6) is -0.0701. The Morgan fingerprint density at radius 2 is 2.05 bits per heavy atom. The number of amides is 1. The van der Waals surface area contributed by atoms with Gasteiger partial charge in [-0.3, -0.25) is 4.79 Å². The summed E-state index contributed by atoms with van der Waals surface area (Å²) in [5.41, 5.74) is 2.90. The molecule has 2 aromatic rings. The van der Waals surface area contributed by atoms with E-state index < -0.39 is 0 Å². The fraction of sp³-hybridized carbons (Fsp3) is 0.235. The standard InChI is InChI=1S/C17H18BrClN2O/c1-11-8-14(18)6-7-16(11)21-17(22)10-20-12(2)13-4-3-5-15(19)9-13/h3-9,12,20H,10H2,1-2H3,(H,21,22)/t12-/m1/s1. The first-order chi connectivity index (χ1) is 10.5. The van der Waals surface area contributed by atoms with E-state index in [4.69, 9.17) is 11.6 Å². The van der Waals surface area contributed by atoms with E-state index in [0.717, 1.165) is 21.3 Å². The molecule has 0 saturated carbocycles. The zero-order valence-corrected chi connectivity index (χ0v) is 14.8. The summed E-state index contributed by atoms with van der Waals surface area (Å²) in [6.07, 6.45) is 0. The van der Waals surface area contributed by atoms with Crippen LogP contribution in [0.4, 0.5) is 5.69 Å². The molecule has 0 unspecified atom stereocenters. The Morgan fingerprint density at radius 1 is 1.27 bits per heavy atom. The molecule has 0 heterocycles. The van der Waals surface area contributed by atoms with Gasteiger partial charge in [-0.2, -0.15) is 0 Å². The highest BCUT2D eigenvalue weighted by molar-refractivity contribution is 9.10. The third kappa shape index (κ3) is 4.83. The smallest absolute Gasteiger partial charge is 0.238 e. The number of aryl methyl sites for hydroxylation is 1. The van der Waals surface area contributed by atoms with Crippen LogP contribution in [0.2, 0.25) is 5.02 Å². The van der Waals surface area contributed by atoms with Crippen molar-refractivity contribution < 1.29 is 4.79 Å². The minimum atomic E-state index is -0.0701. The molecule has 0 aliphatic heterocycles. The maximum absolute atomic E-state index is 12.0. The van der Waals surface area contributed by atoms with Crippen LogP contribution in [-0.2, 0) is 4.79 Å². The largest absolute Gasteiger partial charge is 0.325 e.